The van der Waals surface area contributed by atoms with E-state index in [9.17, 15) is 9.90 Å². The van der Waals surface area contributed by atoms with Gasteiger partial charge in [-0.25, -0.2) is 4.98 Å². The monoisotopic (exact) mass is 331 g/mol. The molecule has 3 rings (SSSR count). The topological polar surface area (TPSA) is 65.5 Å². The number of amides is 1. The summed E-state index contributed by atoms with van der Waals surface area (Å²) in [6.45, 7) is 1.65. The third-order valence-corrected chi connectivity index (χ3v) is 4.93. The van der Waals surface area contributed by atoms with Crippen LogP contribution in [0.3, 0.4) is 0 Å². The van der Waals surface area contributed by atoms with Gasteiger partial charge >= 0.3 is 0 Å². The van der Waals surface area contributed by atoms with Crippen LogP contribution in [-0.2, 0) is 11.2 Å². The molecule has 6 heteroatoms. The third-order valence-electron chi connectivity index (χ3n) is 4.06. The summed E-state index contributed by atoms with van der Waals surface area (Å²) in [6.07, 6.45) is 3.70. The Balaban J connectivity index is 1.55. The minimum Gasteiger partial charge on any atom is -0.386 e. The number of pyridine rings is 1. The Bertz CT molecular complexity index is 633. The standard InChI is InChI=1S/C17H21N3O2S/c21-16(11-14-5-3-10-23-14)19-12-17(22)7-4-9-20(13-17)15-6-1-2-8-18-15/h1-3,5-6,8,10,22H,4,7,9,11-13H2,(H,19,21)/t17-/m1/s1. The fourth-order valence-corrected chi connectivity index (χ4v) is 3.59. The van der Waals surface area contributed by atoms with E-state index in [0.29, 0.717) is 19.4 Å². The molecule has 1 saturated heterocycles. The summed E-state index contributed by atoms with van der Waals surface area (Å²) in [7, 11) is 0. The molecule has 0 bridgehead atoms. The molecule has 122 valence electrons. The first kappa shape index (κ1) is 16.0. The highest BCUT2D eigenvalue weighted by molar-refractivity contribution is 7.10. The van der Waals surface area contributed by atoms with Crippen molar-refractivity contribution in [3.05, 3.63) is 46.8 Å². The minimum absolute atomic E-state index is 0.0455. The fraction of sp³-hybridized carbons (Fsp3) is 0.412. The molecule has 1 atom stereocenters. The molecule has 2 aromatic heterocycles. The maximum Gasteiger partial charge on any atom is 0.225 e. The number of β-amino-alcohol motifs (C(OH)–C–C–N with tert-alkyl or cyclic N) is 1. The summed E-state index contributed by atoms with van der Waals surface area (Å²) >= 11 is 1.57. The Hall–Kier alpha value is -1.92. The van der Waals surface area contributed by atoms with Gasteiger partial charge < -0.3 is 15.3 Å². The van der Waals surface area contributed by atoms with Gasteiger partial charge in [-0.3, -0.25) is 4.79 Å². The molecule has 0 radical (unpaired) electrons. The first-order chi connectivity index (χ1) is 11.1. The highest BCUT2D eigenvalue weighted by atomic mass is 32.1. The molecular weight excluding hydrogens is 310 g/mol. The molecule has 2 aromatic rings. The number of piperidine rings is 1. The summed E-state index contributed by atoms with van der Waals surface area (Å²) in [5.74, 6) is 0.825. The van der Waals surface area contributed by atoms with E-state index in [1.807, 2.05) is 35.7 Å². The second-order valence-electron chi connectivity index (χ2n) is 5.97. The van der Waals surface area contributed by atoms with E-state index in [1.54, 1.807) is 17.5 Å². The van der Waals surface area contributed by atoms with Crippen molar-refractivity contribution in [3.8, 4) is 0 Å². The zero-order valence-electron chi connectivity index (χ0n) is 12.9. The van der Waals surface area contributed by atoms with E-state index in [4.69, 9.17) is 0 Å². The van der Waals surface area contributed by atoms with Crippen molar-refractivity contribution in [3.63, 3.8) is 0 Å². The van der Waals surface area contributed by atoms with Crippen LogP contribution in [0.2, 0.25) is 0 Å². The van der Waals surface area contributed by atoms with Gasteiger partial charge in [-0.15, -0.1) is 11.3 Å². The number of rotatable bonds is 5. The average Bonchev–Trinajstić information content (AvgIpc) is 3.07. The van der Waals surface area contributed by atoms with Gasteiger partial charge in [0, 0.05) is 30.7 Å². The maximum absolute atomic E-state index is 12.0. The molecule has 5 nitrogen and oxygen atoms in total. The number of aromatic nitrogens is 1. The van der Waals surface area contributed by atoms with Crippen molar-refractivity contribution in [2.45, 2.75) is 24.9 Å². The Kier molecular flexibility index (Phi) is 4.93. The van der Waals surface area contributed by atoms with Crippen LogP contribution in [0.25, 0.3) is 0 Å². The zero-order valence-corrected chi connectivity index (χ0v) is 13.8. The number of hydrogen-bond acceptors (Lipinski definition) is 5. The van der Waals surface area contributed by atoms with Crippen LogP contribution in [-0.4, -0.2) is 41.2 Å². The van der Waals surface area contributed by atoms with E-state index in [0.717, 1.165) is 23.7 Å². The highest BCUT2D eigenvalue weighted by Crippen LogP contribution is 2.24. The van der Waals surface area contributed by atoms with Crippen molar-refractivity contribution in [1.29, 1.82) is 0 Å². The number of anilines is 1. The SMILES string of the molecule is O=C(Cc1cccs1)NC[C@]1(O)CCCN(c2ccccn2)C1. The molecule has 1 aliphatic heterocycles. The van der Waals surface area contributed by atoms with E-state index in [1.165, 1.54) is 0 Å². The third kappa shape index (κ3) is 4.30. The predicted octanol–water partition coefficient (Wildman–Crippen LogP) is 1.83. The van der Waals surface area contributed by atoms with Crippen LogP contribution in [0, 0.1) is 0 Å². The fourth-order valence-electron chi connectivity index (χ4n) is 2.89. The van der Waals surface area contributed by atoms with Gasteiger partial charge in [-0.1, -0.05) is 12.1 Å². The summed E-state index contributed by atoms with van der Waals surface area (Å²) in [5, 5.41) is 15.6. The van der Waals surface area contributed by atoms with Gasteiger partial charge in [-0.05, 0) is 36.4 Å². The summed E-state index contributed by atoms with van der Waals surface area (Å²) in [6, 6.07) is 9.65. The summed E-state index contributed by atoms with van der Waals surface area (Å²) < 4.78 is 0. The average molecular weight is 331 g/mol. The van der Waals surface area contributed by atoms with Crippen molar-refractivity contribution < 1.29 is 9.90 Å². The number of nitrogens with one attached hydrogen (secondary N) is 1. The Labute approximate surface area is 140 Å². The molecule has 0 spiro atoms. The van der Waals surface area contributed by atoms with Gasteiger partial charge in [0.25, 0.3) is 0 Å². The molecule has 2 N–H and O–H groups in total. The van der Waals surface area contributed by atoms with E-state index < -0.39 is 5.60 Å². The molecule has 3 heterocycles. The predicted molar refractivity (Wildman–Crippen MR) is 91.7 cm³/mol. The second kappa shape index (κ2) is 7.10. The first-order valence-corrected chi connectivity index (χ1v) is 8.70. The van der Waals surface area contributed by atoms with E-state index >= 15 is 0 Å². The van der Waals surface area contributed by atoms with Crippen LogP contribution in [0.4, 0.5) is 5.82 Å². The molecule has 23 heavy (non-hydrogen) atoms. The van der Waals surface area contributed by atoms with Crippen LogP contribution in [0.15, 0.2) is 41.9 Å². The van der Waals surface area contributed by atoms with E-state index in [2.05, 4.69) is 15.2 Å². The minimum atomic E-state index is -0.902. The number of thiophene rings is 1. The van der Waals surface area contributed by atoms with Gasteiger partial charge in [0.05, 0.1) is 12.0 Å². The van der Waals surface area contributed by atoms with Gasteiger partial charge in [0.2, 0.25) is 5.91 Å². The second-order valence-corrected chi connectivity index (χ2v) is 7.00. The smallest absolute Gasteiger partial charge is 0.225 e. The normalized spacial score (nSPS) is 21.2. The van der Waals surface area contributed by atoms with Gasteiger partial charge in [0.1, 0.15) is 5.82 Å². The number of aliphatic hydroxyl groups is 1. The number of carbonyl (C=O) groups excluding carboxylic acids is 1. The van der Waals surface area contributed by atoms with Gasteiger partial charge in [0.15, 0.2) is 0 Å². The number of nitrogens with zero attached hydrogens (tertiary/aromatic N) is 2. The lowest BCUT2D eigenvalue weighted by Gasteiger charge is -2.39. The van der Waals surface area contributed by atoms with Crippen LogP contribution in [0.5, 0.6) is 0 Å². The molecule has 0 saturated carbocycles. The molecule has 1 fully saturated rings. The van der Waals surface area contributed by atoms with Crippen LogP contribution >= 0.6 is 11.3 Å². The molecule has 1 aliphatic rings. The lowest BCUT2D eigenvalue weighted by molar-refractivity contribution is -0.121. The highest BCUT2D eigenvalue weighted by Gasteiger charge is 2.34. The largest absolute Gasteiger partial charge is 0.386 e. The molecular formula is C17H21N3O2S. The Morgan fingerprint density at radius 1 is 1.39 bits per heavy atom. The Morgan fingerprint density at radius 2 is 2.30 bits per heavy atom. The Morgan fingerprint density at radius 3 is 3.04 bits per heavy atom. The lowest BCUT2D eigenvalue weighted by atomic mass is 9.92. The number of carbonyl (C=O) groups is 1. The summed E-state index contributed by atoms with van der Waals surface area (Å²) in [4.78, 5) is 19.5. The molecule has 0 aromatic carbocycles. The van der Waals surface area contributed by atoms with Crippen LogP contribution < -0.4 is 10.2 Å². The van der Waals surface area contributed by atoms with Crippen molar-refractivity contribution in [2.75, 3.05) is 24.5 Å². The van der Waals surface area contributed by atoms with E-state index in [-0.39, 0.29) is 12.5 Å². The first-order valence-electron chi connectivity index (χ1n) is 7.82. The zero-order chi connectivity index (χ0) is 16.1. The summed E-state index contributed by atoms with van der Waals surface area (Å²) in [5.41, 5.74) is -0.902. The van der Waals surface area contributed by atoms with Crippen molar-refractivity contribution in [1.82, 2.24) is 10.3 Å². The number of hydrogen-bond donors (Lipinski definition) is 2. The maximum atomic E-state index is 12.0. The molecule has 1 amide bonds. The van der Waals surface area contributed by atoms with Gasteiger partial charge in [-0.2, -0.15) is 0 Å². The van der Waals surface area contributed by atoms with Crippen LogP contribution in [0.1, 0.15) is 17.7 Å². The molecule has 0 unspecified atom stereocenters. The lowest BCUT2D eigenvalue weighted by Crippen LogP contribution is -2.54. The van der Waals surface area contributed by atoms with Crippen molar-refractivity contribution >= 4 is 23.1 Å². The van der Waals surface area contributed by atoms with Crippen molar-refractivity contribution in [2.24, 2.45) is 0 Å². The molecule has 0 aliphatic carbocycles. The quantitative estimate of drug-likeness (QED) is 0.877.